The molecule has 7 nitrogen and oxygen atoms in total. The molecule has 0 fully saturated rings. The van der Waals surface area contributed by atoms with Gasteiger partial charge >= 0.3 is 0 Å². The number of amides is 3. The van der Waals surface area contributed by atoms with E-state index >= 15 is 0 Å². The van der Waals surface area contributed by atoms with Gasteiger partial charge in [0.25, 0.3) is 17.7 Å². The van der Waals surface area contributed by atoms with E-state index in [9.17, 15) is 14.4 Å². The molecule has 0 aliphatic carbocycles. The highest BCUT2D eigenvalue weighted by atomic mass is 16.2. The van der Waals surface area contributed by atoms with Gasteiger partial charge in [-0.1, -0.05) is 30.3 Å². The molecule has 3 aromatic carbocycles. The van der Waals surface area contributed by atoms with Crippen LogP contribution in [0, 0.1) is 6.92 Å². The van der Waals surface area contributed by atoms with Crippen LogP contribution in [0.3, 0.4) is 0 Å². The van der Waals surface area contributed by atoms with Gasteiger partial charge in [0.2, 0.25) is 0 Å². The lowest BCUT2D eigenvalue weighted by Gasteiger charge is -2.12. The normalized spacial score (nSPS) is 10.3. The number of hydrogen-bond acceptors (Lipinski definition) is 4. The van der Waals surface area contributed by atoms with Gasteiger partial charge in [-0.05, 0) is 67.1 Å². The molecule has 3 amide bonds. The summed E-state index contributed by atoms with van der Waals surface area (Å²) in [5.41, 5.74) is 3.85. The Balaban J connectivity index is 1.45. The number of aryl methyl sites for hydroxylation is 1. The van der Waals surface area contributed by atoms with Crippen molar-refractivity contribution < 1.29 is 14.4 Å². The van der Waals surface area contributed by atoms with E-state index in [1.807, 2.05) is 13.0 Å². The fraction of sp³-hybridized carbons (Fsp3) is 0.0370. The van der Waals surface area contributed by atoms with Crippen molar-refractivity contribution in [1.82, 2.24) is 4.98 Å². The fourth-order valence-electron chi connectivity index (χ4n) is 3.27. The van der Waals surface area contributed by atoms with E-state index in [-0.39, 0.29) is 17.7 Å². The van der Waals surface area contributed by atoms with Gasteiger partial charge in [0, 0.05) is 46.1 Å². The van der Waals surface area contributed by atoms with Crippen LogP contribution in [0.15, 0.2) is 97.3 Å². The Hall–Kier alpha value is -4.78. The number of rotatable bonds is 6. The minimum absolute atomic E-state index is 0.251. The Bertz CT molecular complexity index is 1340. The molecule has 34 heavy (non-hydrogen) atoms. The number of nitrogens with one attached hydrogen (secondary N) is 3. The molecule has 0 saturated heterocycles. The molecule has 0 radical (unpaired) electrons. The minimum Gasteiger partial charge on any atom is -0.322 e. The van der Waals surface area contributed by atoms with Crippen molar-refractivity contribution in [1.29, 1.82) is 0 Å². The van der Waals surface area contributed by atoms with E-state index in [4.69, 9.17) is 0 Å². The Kier molecular flexibility index (Phi) is 6.74. The number of hydrogen-bond donors (Lipinski definition) is 3. The standard InChI is InChI=1S/C27H22N4O3/c1-18-10-11-21(16-24(18)31-26(33)19-6-3-2-4-7-19)27(34)30-23-9-5-8-22(17-23)29-25(32)20-12-14-28-15-13-20/h2-17H,1H3,(H,29,32)(H,30,34)(H,31,33). The summed E-state index contributed by atoms with van der Waals surface area (Å²) in [6.45, 7) is 1.86. The zero-order chi connectivity index (χ0) is 23.9. The first-order valence-electron chi connectivity index (χ1n) is 10.6. The van der Waals surface area contributed by atoms with E-state index in [0.29, 0.717) is 33.8 Å². The highest BCUT2D eigenvalue weighted by Gasteiger charge is 2.12. The quantitative estimate of drug-likeness (QED) is 0.378. The minimum atomic E-state index is -0.340. The molecule has 1 heterocycles. The van der Waals surface area contributed by atoms with Crippen LogP contribution in [0.5, 0.6) is 0 Å². The van der Waals surface area contributed by atoms with Gasteiger partial charge < -0.3 is 16.0 Å². The Labute approximate surface area is 196 Å². The molecule has 0 bridgehead atoms. The molecule has 168 valence electrons. The number of carbonyl (C=O) groups is 3. The number of anilines is 3. The van der Waals surface area contributed by atoms with Crippen molar-refractivity contribution in [3.8, 4) is 0 Å². The maximum Gasteiger partial charge on any atom is 0.255 e. The van der Waals surface area contributed by atoms with Gasteiger partial charge in [0.15, 0.2) is 0 Å². The van der Waals surface area contributed by atoms with Crippen molar-refractivity contribution >= 4 is 34.8 Å². The summed E-state index contributed by atoms with van der Waals surface area (Å²) in [4.78, 5) is 41.7. The first kappa shape index (κ1) is 22.4. The van der Waals surface area contributed by atoms with E-state index in [2.05, 4.69) is 20.9 Å². The molecule has 1 aromatic heterocycles. The average Bonchev–Trinajstić information content (AvgIpc) is 2.86. The van der Waals surface area contributed by atoms with E-state index in [1.165, 1.54) is 0 Å². The van der Waals surface area contributed by atoms with Gasteiger partial charge in [0.1, 0.15) is 0 Å². The lowest BCUT2D eigenvalue weighted by molar-refractivity contribution is 0.101. The Morgan fingerprint density at radius 1 is 0.588 bits per heavy atom. The van der Waals surface area contributed by atoms with Crippen LogP contribution < -0.4 is 16.0 Å². The van der Waals surface area contributed by atoms with Crippen LogP contribution >= 0.6 is 0 Å². The highest BCUT2D eigenvalue weighted by Crippen LogP contribution is 2.21. The predicted molar refractivity (Wildman–Crippen MR) is 132 cm³/mol. The third kappa shape index (κ3) is 5.52. The summed E-state index contributed by atoms with van der Waals surface area (Å²) in [6.07, 6.45) is 3.09. The SMILES string of the molecule is Cc1ccc(C(=O)Nc2cccc(NC(=O)c3ccncc3)c2)cc1NC(=O)c1ccccc1. The number of carbonyl (C=O) groups excluding carboxylic acids is 3. The van der Waals surface area contributed by atoms with Crippen LogP contribution in [0.25, 0.3) is 0 Å². The molecule has 7 heteroatoms. The van der Waals surface area contributed by atoms with Crippen LogP contribution in [-0.4, -0.2) is 22.7 Å². The van der Waals surface area contributed by atoms with Crippen molar-refractivity contribution in [3.05, 3.63) is 120 Å². The summed E-state index contributed by atoms with van der Waals surface area (Å²) < 4.78 is 0. The summed E-state index contributed by atoms with van der Waals surface area (Å²) in [6, 6.07) is 24.1. The Morgan fingerprint density at radius 3 is 1.85 bits per heavy atom. The zero-order valence-corrected chi connectivity index (χ0v) is 18.4. The predicted octanol–water partition coefficient (Wildman–Crippen LogP) is 5.15. The van der Waals surface area contributed by atoms with E-state index in [1.54, 1.807) is 91.3 Å². The average molecular weight is 450 g/mol. The largest absolute Gasteiger partial charge is 0.322 e. The van der Waals surface area contributed by atoms with Gasteiger partial charge in [-0.15, -0.1) is 0 Å². The number of benzene rings is 3. The molecular weight excluding hydrogens is 428 g/mol. The van der Waals surface area contributed by atoms with Crippen molar-refractivity contribution in [2.75, 3.05) is 16.0 Å². The number of nitrogens with zero attached hydrogens (tertiary/aromatic N) is 1. The molecule has 0 spiro atoms. The first-order chi connectivity index (χ1) is 16.5. The summed E-state index contributed by atoms with van der Waals surface area (Å²) >= 11 is 0. The zero-order valence-electron chi connectivity index (χ0n) is 18.4. The van der Waals surface area contributed by atoms with Crippen molar-refractivity contribution in [3.63, 3.8) is 0 Å². The second-order valence-electron chi connectivity index (χ2n) is 7.57. The van der Waals surface area contributed by atoms with E-state index < -0.39 is 0 Å². The smallest absolute Gasteiger partial charge is 0.255 e. The van der Waals surface area contributed by atoms with Crippen LogP contribution in [0.2, 0.25) is 0 Å². The van der Waals surface area contributed by atoms with Crippen molar-refractivity contribution in [2.24, 2.45) is 0 Å². The van der Waals surface area contributed by atoms with Gasteiger partial charge in [0.05, 0.1) is 0 Å². The molecule has 0 aliphatic rings. The Morgan fingerprint density at radius 2 is 1.18 bits per heavy atom. The van der Waals surface area contributed by atoms with Crippen LogP contribution in [0.1, 0.15) is 36.6 Å². The lowest BCUT2D eigenvalue weighted by atomic mass is 10.1. The fourth-order valence-corrected chi connectivity index (χ4v) is 3.27. The summed E-state index contributed by atoms with van der Waals surface area (Å²) in [5.74, 6) is -0.866. The molecule has 3 N–H and O–H groups in total. The molecule has 4 aromatic rings. The number of aromatic nitrogens is 1. The van der Waals surface area contributed by atoms with Gasteiger partial charge in [-0.25, -0.2) is 0 Å². The molecule has 0 atom stereocenters. The monoisotopic (exact) mass is 450 g/mol. The summed E-state index contributed by atoms with van der Waals surface area (Å²) in [5, 5.41) is 8.49. The third-order valence-corrected chi connectivity index (χ3v) is 5.10. The highest BCUT2D eigenvalue weighted by molar-refractivity contribution is 6.08. The van der Waals surface area contributed by atoms with Crippen LogP contribution in [-0.2, 0) is 0 Å². The first-order valence-corrected chi connectivity index (χ1v) is 10.6. The molecule has 0 saturated carbocycles. The second kappa shape index (κ2) is 10.2. The molecule has 4 rings (SSSR count). The maximum absolute atomic E-state index is 12.9. The molecule has 0 unspecified atom stereocenters. The number of pyridine rings is 1. The molecule has 0 aliphatic heterocycles. The molecular formula is C27H22N4O3. The second-order valence-corrected chi connectivity index (χ2v) is 7.57. The topological polar surface area (TPSA) is 100 Å². The van der Waals surface area contributed by atoms with Gasteiger partial charge in [-0.2, -0.15) is 0 Å². The maximum atomic E-state index is 12.9. The van der Waals surface area contributed by atoms with E-state index in [0.717, 1.165) is 5.56 Å². The van der Waals surface area contributed by atoms with Crippen molar-refractivity contribution in [2.45, 2.75) is 6.92 Å². The third-order valence-electron chi connectivity index (χ3n) is 5.10. The van der Waals surface area contributed by atoms with Gasteiger partial charge in [-0.3, -0.25) is 19.4 Å². The van der Waals surface area contributed by atoms with Crippen LogP contribution in [0.4, 0.5) is 17.1 Å². The lowest BCUT2D eigenvalue weighted by Crippen LogP contribution is -2.16. The summed E-state index contributed by atoms with van der Waals surface area (Å²) in [7, 11) is 0.